The molecule has 72 valence electrons. The molecule has 0 saturated heterocycles. The van der Waals surface area contributed by atoms with Crippen molar-refractivity contribution in [3.8, 4) is 0 Å². The van der Waals surface area contributed by atoms with Crippen molar-refractivity contribution in [3.05, 3.63) is 32.9 Å². The summed E-state index contributed by atoms with van der Waals surface area (Å²) in [6, 6.07) is 4.38. The topological polar surface area (TPSA) is 26.0 Å². The Kier molecular flexibility index (Phi) is 3.18. The van der Waals surface area contributed by atoms with Crippen LogP contribution in [-0.4, -0.2) is 0 Å². The molecule has 1 aromatic carbocycles. The maximum absolute atomic E-state index is 12.4. The average Bonchev–Trinajstić information content (AvgIpc) is 2.01. The van der Waals surface area contributed by atoms with Crippen LogP contribution in [0.3, 0.4) is 0 Å². The summed E-state index contributed by atoms with van der Waals surface area (Å²) in [6.07, 6.45) is -4.31. The Morgan fingerprint density at radius 3 is 2.31 bits per heavy atom. The Balaban J connectivity index is 3.32. The Bertz CT molecular complexity index is 309. The maximum atomic E-state index is 12.4. The molecular formula is C8H7F3IN. The van der Waals surface area contributed by atoms with Gasteiger partial charge in [0.2, 0.25) is 0 Å². The molecule has 0 radical (unpaired) electrons. The van der Waals surface area contributed by atoms with Gasteiger partial charge in [-0.3, -0.25) is 0 Å². The standard InChI is InChI=1S/C8H7F3IN/c9-8(10,11)7-5(4-13)2-1-3-6(7)12/h1-3H,4,13H2. The van der Waals surface area contributed by atoms with E-state index in [-0.39, 0.29) is 15.7 Å². The van der Waals surface area contributed by atoms with E-state index in [1.165, 1.54) is 12.1 Å². The van der Waals surface area contributed by atoms with Gasteiger partial charge in [-0.15, -0.1) is 0 Å². The van der Waals surface area contributed by atoms with Gasteiger partial charge < -0.3 is 5.73 Å². The number of hydrogen-bond acceptors (Lipinski definition) is 1. The van der Waals surface area contributed by atoms with Crippen LogP contribution in [-0.2, 0) is 12.7 Å². The number of hydrogen-bond donors (Lipinski definition) is 1. The minimum atomic E-state index is -4.31. The number of nitrogens with two attached hydrogens (primary N) is 1. The monoisotopic (exact) mass is 301 g/mol. The van der Waals surface area contributed by atoms with Crippen LogP contribution in [0, 0.1) is 3.57 Å². The molecule has 0 amide bonds. The van der Waals surface area contributed by atoms with Crippen molar-refractivity contribution in [2.45, 2.75) is 12.7 Å². The smallest absolute Gasteiger partial charge is 0.326 e. The first-order chi connectivity index (χ1) is 5.96. The second-order valence-electron chi connectivity index (χ2n) is 2.48. The van der Waals surface area contributed by atoms with Gasteiger partial charge in [0.05, 0.1) is 5.56 Å². The predicted octanol–water partition coefficient (Wildman–Crippen LogP) is 2.77. The van der Waals surface area contributed by atoms with Crippen molar-refractivity contribution in [1.29, 1.82) is 0 Å². The highest BCUT2D eigenvalue weighted by atomic mass is 127. The van der Waals surface area contributed by atoms with Crippen molar-refractivity contribution < 1.29 is 13.2 Å². The molecule has 0 spiro atoms. The van der Waals surface area contributed by atoms with E-state index in [9.17, 15) is 13.2 Å². The van der Waals surface area contributed by atoms with Crippen LogP contribution in [0.15, 0.2) is 18.2 Å². The lowest BCUT2D eigenvalue weighted by Crippen LogP contribution is -2.13. The zero-order valence-corrected chi connectivity index (χ0v) is 8.69. The molecule has 0 fully saturated rings. The lowest BCUT2D eigenvalue weighted by Gasteiger charge is -2.12. The van der Waals surface area contributed by atoms with Gasteiger partial charge in [0.15, 0.2) is 0 Å². The third-order valence-electron chi connectivity index (χ3n) is 1.60. The van der Waals surface area contributed by atoms with Gasteiger partial charge in [0.1, 0.15) is 0 Å². The molecule has 0 aliphatic rings. The molecule has 0 aliphatic carbocycles. The van der Waals surface area contributed by atoms with Crippen LogP contribution in [0.2, 0.25) is 0 Å². The van der Waals surface area contributed by atoms with E-state index >= 15 is 0 Å². The highest BCUT2D eigenvalue weighted by Crippen LogP contribution is 2.35. The van der Waals surface area contributed by atoms with E-state index in [2.05, 4.69) is 0 Å². The molecule has 1 rings (SSSR count). The van der Waals surface area contributed by atoms with E-state index in [0.717, 1.165) is 0 Å². The summed E-state index contributed by atoms with van der Waals surface area (Å²) in [5.41, 5.74) is 4.74. The first kappa shape index (κ1) is 10.8. The van der Waals surface area contributed by atoms with E-state index in [1.807, 2.05) is 0 Å². The molecule has 0 aromatic heterocycles. The predicted molar refractivity (Wildman–Crippen MR) is 52.1 cm³/mol. The summed E-state index contributed by atoms with van der Waals surface area (Å²) in [5, 5.41) is 0. The molecular weight excluding hydrogens is 294 g/mol. The Hall–Kier alpha value is -0.300. The molecule has 5 heteroatoms. The van der Waals surface area contributed by atoms with Gasteiger partial charge in [-0.25, -0.2) is 0 Å². The van der Waals surface area contributed by atoms with E-state index in [0.29, 0.717) is 0 Å². The molecule has 1 nitrogen and oxygen atoms in total. The zero-order valence-electron chi connectivity index (χ0n) is 6.53. The van der Waals surface area contributed by atoms with E-state index in [1.54, 1.807) is 28.7 Å². The lowest BCUT2D eigenvalue weighted by molar-refractivity contribution is -0.138. The van der Waals surface area contributed by atoms with Crippen LogP contribution in [0.5, 0.6) is 0 Å². The molecule has 0 heterocycles. The lowest BCUT2D eigenvalue weighted by atomic mass is 10.1. The number of benzene rings is 1. The second-order valence-corrected chi connectivity index (χ2v) is 3.64. The summed E-state index contributed by atoms with van der Waals surface area (Å²) >= 11 is 1.66. The normalized spacial score (nSPS) is 11.8. The van der Waals surface area contributed by atoms with Gasteiger partial charge in [-0.2, -0.15) is 13.2 Å². The van der Waals surface area contributed by atoms with Crippen molar-refractivity contribution in [3.63, 3.8) is 0 Å². The fourth-order valence-corrected chi connectivity index (χ4v) is 1.92. The molecule has 0 atom stereocenters. The van der Waals surface area contributed by atoms with Crippen molar-refractivity contribution in [1.82, 2.24) is 0 Å². The van der Waals surface area contributed by atoms with Crippen LogP contribution in [0.1, 0.15) is 11.1 Å². The van der Waals surface area contributed by atoms with E-state index < -0.39 is 11.7 Å². The van der Waals surface area contributed by atoms with Gasteiger partial charge in [0, 0.05) is 10.1 Å². The van der Waals surface area contributed by atoms with Gasteiger partial charge >= 0.3 is 6.18 Å². The maximum Gasteiger partial charge on any atom is 0.417 e. The third-order valence-corrected chi connectivity index (χ3v) is 2.50. The quantitative estimate of drug-likeness (QED) is 0.793. The molecule has 0 saturated carbocycles. The highest BCUT2D eigenvalue weighted by molar-refractivity contribution is 14.1. The fourth-order valence-electron chi connectivity index (χ4n) is 1.06. The van der Waals surface area contributed by atoms with Crippen LogP contribution >= 0.6 is 22.6 Å². The van der Waals surface area contributed by atoms with E-state index in [4.69, 9.17) is 5.73 Å². The van der Waals surface area contributed by atoms with Gasteiger partial charge in [-0.1, -0.05) is 12.1 Å². The Morgan fingerprint density at radius 2 is 1.92 bits per heavy atom. The SMILES string of the molecule is NCc1cccc(I)c1C(F)(F)F. The molecule has 13 heavy (non-hydrogen) atoms. The minimum absolute atomic E-state index is 0.0916. The number of halogens is 4. The summed E-state index contributed by atoms with van der Waals surface area (Å²) in [6.45, 7) is -0.0916. The molecule has 0 unspecified atom stereocenters. The largest absolute Gasteiger partial charge is 0.417 e. The fraction of sp³-hybridized carbons (Fsp3) is 0.250. The van der Waals surface area contributed by atoms with Crippen molar-refractivity contribution >= 4 is 22.6 Å². The highest BCUT2D eigenvalue weighted by Gasteiger charge is 2.34. The van der Waals surface area contributed by atoms with Gasteiger partial charge in [0.25, 0.3) is 0 Å². The molecule has 0 bridgehead atoms. The zero-order chi connectivity index (χ0) is 10.1. The summed E-state index contributed by atoms with van der Waals surface area (Å²) in [4.78, 5) is 0. The summed E-state index contributed by atoms with van der Waals surface area (Å²) in [7, 11) is 0. The third kappa shape index (κ3) is 2.34. The first-order valence-corrected chi connectivity index (χ1v) is 4.59. The molecule has 1 aromatic rings. The summed E-state index contributed by atoms with van der Waals surface area (Å²) in [5.74, 6) is 0. The molecule has 2 N–H and O–H groups in total. The Labute approximate surface area is 87.3 Å². The van der Waals surface area contributed by atoms with Crippen molar-refractivity contribution in [2.24, 2.45) is 5.73 Å². The van der Waals surface area contributed by atoms with Crippen LogP contribution in [0.25, 0.3) is 0 Å². The van der Waals surface area contributed by atoms with Crippen LogP contribution in [0.4, 0.5) is 13.2 Å². The second kappa shape index (κ2) is 3.83. The van der Waals surface area contributed by atoms with Gasteiger partial charge in [-0.05, 0) is 34.2 Å². The number of rotatable bonds is 1. The Morgan fingerprint density at radius 1 is 1.31 bits per heavy atom. The van der Waals surface area contributed by atoms with Crippen LogP contribution < -0.4 is 5.73 Å². The average molecular weight is 301 g/mol. The first-order valence-electron chi connectivity index (χ1n) is 3.51. The number of alkyl halides is 3. The van der Waals surface area contributed by atoms with Crippen molar-refractivity contribution in [2.75, 3.05) is 0 Å². The molecule has 0 aliphatic heterocycles. The minimum Gasteiger partial charge on any atom is -0.326 e. The summed E-state index contributed by atoms with van der Waals surface area (Å²) < 4.78 is 37.5.